The summed E-state index contributed by atoms with van der Waals surface area (Å²) in [5, 5.41) is 2.99. The zero-order valence-electron chi connectivity index (χ0n) is 7.49. The van der Waals surface area contributed by atoms with Crippen molar-refractivity contribution < 1.29 is 14.3 Å². The molecule has 0 aromatic heterocycles. The lowest BCUT2D eigenvalue weighted by atomic mass is 10.3. The molecule has 2 aliphatic heterocycles. The highest BCUT2D eigenvalue weighted by atomic mass is 16.6. The summed E-state index contributed by atoms with van der Waals surface area (Å²) in [6.07, 6.45) is 0.0533. The predicted molar refractivity (Wildman–Crippen MR) is 45.1 cm³/mol. The summed E-state index contributed by atoms with van der Waals surface area (Å²) in [6.45, 7) is 3.64. The minimum Gasteiger partial charge on any atom is -0.376 e. The summed E-state index contributed by atoms with van der Waals surface area (Å²) in [5.41, 5.74) is 0. The first kappa shape index (κ1) is 8.93. The van der Waals surface area contributed by atoms with Crippen molar-refractivity contribution in [3.63, 3.8) is 0 Å². The maximum absolute atomic E-state index is 11.2. The summed E-state index contributed by atoms with van der Waals surface area (Å²) in [4.78, 5) is 13.0. The second-order valence-electron chi connectivity index (χ2n) is 3.27. The number of rotatable bonds is 2. The summed E-state index contributed by atoms with van der Waals surface area (Å²) < 4.78 is 10.7. The van der Waals surface area contributed by atoms with Crippen LogP contribution in [0.25, 0.3) is 0 Å². The fourth-order valence-corrected chi connectivity index (χ4v) is 1.55. The molecule has 2 saturated heterocycles. The molecule has 74 valence electrons. The number of amides is 1. The molecule has 0 aliphatic carbocycles. The van der Waals surface area contributed by atoms with Crippen molar-refractivity contribution in [2.24, 2.45) is 0 Å². The fraction of sp³-hybridized carbons (Fsp3) is 0.875. The number of carbonyl (C=O) groups is 1. The van der Waals surface area contributed by atoms with Gasteiger partial charge in [0.15, 0.2) is 0 Å². The second-order valence-corrected chi connectivity index (χ2v) is 3.27. The van der Waals surface area contributed by atoms with E-state index in [2.05, 4.69) is 5.32 Å². The van der Waals surface area contributed by atoms with Crippen molar-refractivity contribution in [3.05, 3.63) is 0 Å². The Labute approximate surface area is 77.0 Å². The molecule has 2 rings (SSSR count). The molecule has 0 radical (unpaired) electrons. The molecule has 1 unspecified atom stereocenters. The molecule has 1 N–H and O–H groups in total. The van der Waals surface area contributed by atoms with Crippen LogP contribution in [0.3, 0.4) is 0 Å². The molecule has 13 heavy (non-hydrogen) atoms. The predicted octanol–water partition coefficient (Wildman–Crippen LogP) is -1.21. The molecule has 2 heterocycles. The van der Waals surface area contributed by atoms with Gasteiger partial charge < -0.3 is 14.4 Å². The Morgan fingerprint density at radius 3 is 3.08 bits per heavy atom. The van der Waals surface area contributed by atoms with Crippen LogP contribution < -0.4 is 5.32 Å². The lowest BCUT2D eigenvalue weighted by Crippen LogP contribution is -2.41. The monoisotopic (exact) mass is 186 g/mol. The van der Waals surface area contributed by atoms with Gasteiger partial charge in [-0.1, -0.05) is 0 Å². The third-order valence-electron chi connectivity index (χ3n) is 2.24. The molecule has 1 atom stereocenters. The number of hydrogen-bond acceptors (Lipinski definition) is 4. The molecule has 5 heteroatoms. The Morgan fingerprint density at radius 2 is 2.46 bits per heavy atom. The standard InChI is InChI=1S/C8H14N2O3/c11-8-3-9-6-10(8)4-7-5-12-1-2-13-7/h7,9H,1-6H2. The molecule has 0 spiro atoms. The van der Waals surface area contributed by atoms with Crippen molar-refractivity contribution in [1.29, 1.82) is 0 Å². The third kappa shape index (κ3) is 2.18. The SMILES string of the molecule is O=C1CNCN1CC1COCCO1. The zero-order chi connectivity index (χ0) is 9.10. The first-order valence-corrected chi connectivity index (χ1v) is 4.54. The van der Waals surface area contributed by atoms with E-state index < -0.39 is 0 Å². The third-order valence-corrected chi connectivity index (χ3v) is 2.24. The first-order valence-electron chi connectivity index (χ1n) is 4.54. The molecule has 2 fully saturated rings. The molecular weight excluding hydrogens is 172 g/mol. The van der Waals surface area contributed by atoms with E-state index >= 15 is 0 Å². The zero-order valence-corrected chi connectivity index (χ0v) is 7.49. The maximum Gasteiger partial charge on any atom is 0.237 e. The van der Waals surface area contributed by atoms with Gasteiger partial charge in [0.2, 0.25) is 5.91 Å². The van der Waals surface area contributed by atoms with Gasteiger partial charge in [-0.25, -0.2) is 0 Å². The van der Waals surface area contributed by atoms with Crippen molar-refractivity contribution in [1.82, 2.24) is 10.2 Å². The highest BCUT2D eigenvalue weighted by Gasteiger charge is 2.24. The average Bonchev–Trinajstić information content (AvgIpc) is 2.54. The molecule has 5 nitrogen and oxygen atoms in total. The van der Waals surface area contributed by atoms with E-state index in [1.807, 2.05) is 0 Å². The number of carbonyl (C=O) groups excluding carboxylic acids is 1. The second kappa shape index (κ2) is 4.04. The summed E-state index contributed by atoms with van der Waals surface area (Å²) in [7, 11) is 0. The fourth-order valence-electron chi connectivity index (χ4n) is 1.55. The van der Waals surface area contributed by atoms with Crippen LogP contribution in [0.2, 0.25) is 0 Å². The van der Waals surface area contributed by atoms with E-state index in [1.165, 1.54) is 0 Å². The molecule has 0 bridgehead atoms. The Kier molecular flexibility index (Phi) is 2.77. The average molecular weight is 186 g/mol. The van der Waals surface area contributed by atoms with Crippen LogP contribution >= 0.6 is 0 Å². The van der Waals surface area contributed by atoms with Crippen LogP contribution in [0.1, 0.15) is 0 Å². The van der Waals surface area contributed by atoms with E-state index in [4.69, 9.17) is 9.47 Å². The van der Waals surface area contributed by atoms with Crippen LogP contribution in [0.5, 0.6) is 0 Å². The number of ether oxygens (including phenoxy) is 2. The molecule has 2 aliphatic rings. The van der Waals surface area contributed by atoms with Gasteiger partial charge in [-0.3, -0.25) is 10.1 Å². The first-order chi connectivity index (χ1) is 6.36. The van der Waals surface area contributed by atoms with Crippen LogP contribution in [-0.2, 0) is 14.3 Å². The number of nitrogens with zero attached hydrogens (tertiary/aromatic N) is 1. The van der Waals surface area contributed by atoms with Gasteiger partial charge in [0.05, 0.1) is 45.7 Å². The largest absolute Gasteiger partial charge is 0.376 e. The van der Waals surface area contributed by atoms with Crippen LogP contribution in [-0.4, -0.2) is 56.5 Å². The Bertz CT molecular complexity index is 192. The van der Waals surface area contributed by atoms with Crippen LogP contribution in [0.15, 0.2) is 0 Å². The van der Waals surface area contributed by atoms with Gasteiger partial charge in [0.1, 0.15) is 0 Å². The lowest BCUT2D eigenvalue weighted by Gasteiger charge is -2.26. The van der Waals surface area contributed by atoms with Crippen LogP contribution in [0.4, 0.5) is 0 Å². The molecule has 0 saturated carbocycles. The molecular formula is C8H14N2O3. The van der Waals surface area contributed by atoms with E-state index in [0.29, 0.717) is 39.6 Å². The van der Waals surface area contributed by atoms with Gasteiger partial charge >= 0.3 is 0 Å². The maximum atomic E-state index is 11.2. The highest BCUT2D eigenvalue weighted by Crippen LogP contribution is 2.05. The van der Waals surface area contributed by atoms with E-state index in [0.717, 1.165) is 0 Å². The summed E-state index contributed by atoms with van der Waals surface area (Å²) in [6, 6.07) is 0. The number of nitrogens with one attached hydrogen (secondary N) is 1. The van der Waals surface area contributed by atoms with Crippen molar-refractivity contribution >= 4 is 5.91 Å². The highest BCUT2D eigenvalue weighted by molar-refractivity contribution is 5.80. The Hall–Kier alpha value is -0.650. The lowest BCUT2D eigenvalue weighted by molar-refractivity contribution is -0.133. The summed E-state index contributed by atoms with van der Waals surface area (Å²) >= 11 is 0. The van der Waals surface area contributed by atoms with Crippen molar-refractivity contribution in [2.45, 2.75) is 6.10 Å². The smallest absolute Gasteiger partial charge is 0.237 e. The number of hydrogen-bond donors (Lipinski definition) is 1. The van der Waals surface area contributed by atoms with Gasteiger partial charge in [-0.2, -0.15) is 0 Å². The summed E-state index contributed by atoms with van der Waals surface area (Å²) in [5.74, 6) is 0.147. The van der Waals surface area contributed by atoms with E-state index in [9.17, 15) is 4.79 Å². The minimum atomic E-state index is 0.0533. The van der Waals surface area contributed by atoms with Crippen molar-refractivity contribution in [3.8, 4) is 0 Å². The van der Waals surface area contributed by atoms with Crippen LogP contribution in [0, 0.1) is 0 Å². The van der Waals surface area contributed by atoms with Crippen molar-refractivity contribution in [2.75, 3.05) is 39.6 Å². The normalized spacial score (nSPS) is 29.7. The van der Waals surface area contributed by atoms with Gasteiger partial charge in [-0.05, 0) is 0 Å². The van der Waals surface area contributed by atoms with Gasteiger partial charge in [0.25, 0.3) is 0 Å². The molecule has 1 amide bonds. The minimum absolute atomic E-state index is 0.0533. The van der Waals surface area contributed by atoms with Gasteiger partial charge in [0, 0.05) is 0 Å². The van der Waals surface area contributed by atoms with E-state index in [-0.39, 0.29) is 12.0 Å². The Balaban J connectivity index is 1.79. The topological polar surface area (TPSA) is 50.8 Å². The van der Waals surface area contributed by atoms with Gasteiger partial charge in [-0.15, -0.1) is 0 Å². The van der Waals surface area contributed by atoms with E-state index in [1.54, 1.807) is 4.90 Å². The Morgan fingerprint density at radius 1 is 1.54 bits per heavy atom. The molecule has 0 aromatic rings. The quantitative estimate of drug-likeness (QED) is 0.588. The molecule has 0 aromatic carbocycles.